The van der Waals surface area contributed by atoms with Gasteiger partial charge in [0, 0.05) is 19.0 Å². The van der Waals surface area contributed by atoms with Gasteiger partial charge in [-0.3, -0.25) is 0 Å². The van der Waals surface area contributed by atoms with Crippen LogP contribution in [0.4, 0.5) is 0 Å². The first-order valence-corrected chi connectivity index (χ1v) is 7.31. The summed E-state index contributed by atoms with van der Waals surface area (Å²) in [5.41, 5.74) is 8.26. The number of aromatic nitrogens is 2. The molecule has 0 aliphatic heterocycles. The summed E-state index contributed by atoms with van der Waals surface area (Å²) in [6, 6.07) is 8.67. The van der Waals surface area contributed by atoms with Gasteiger partial charge < -0.3 is 10.3 Å². The minimum absolute atomic E-state index is 0.263. The Hall–Kier alpha value is -1.35. The summed E-state index contributed by atoms with van der Waals surface area (Å²) in [6.07, 6.45) is 3.20. The van der Waals surface area contributed by atoms with Crippen molar-refractivity contribution in [2.24, 2.45) is 11.7 Å². The highest BCUT2D eigenvalue weighted by Gasteiger charge is 2.13. The first-order valence-electron chi connectivity index (χ1n) is 7.31. The average molecular weight is 259 g/mol. The van der Waals surface area contributed by atoms with Gasteiger partial charge in [-0.1, -0.05) is 26.0 Å². The molecular weight excluding hydrogens is 234 g/mol. The van der Waals surface area contributed by atoms with E-state index in [0.717, 1.165) is 31.3 Å². The van der Waals surface area contributed by atoms with Crippen molar-refractivity contribution in [3.05, 3.63) is 30.1 Å². The highest BCUT2D eigenvalue weighted by Crippen LogP contribution is 2.20. The number of hydrogen-bond acceptors (Lipinski definition) is 2. The number of rotatable bonds is 6. The van der Waals surface area contributed by atoms with Crippen LogP contribution in [0.1, 0.15) is 39.4 Å². The highest BCUT2D eigenvalue weighted by molar-refractivity contribution is 5.75. The molecule has 0 aliphatic rings. The van der Waals surface area contributed by atoms with Crippen molar-refractivity contribution in [3.63, 3.8) is 0 Å². The molecule has 1 aromatic heterocycles. The maximum absolute atomic E-state index is 5.89. The Morgan fingerprint density at radius 2 is 2.00 bits per heavy atom. The summed E-state index contributed by atoms with van der Waals surface area (Å²) in [5, 5.41) is 0. The van der Waals surface area contributed by atoms with Crippen LogP contribution in [0, 0.1) is 5.92 Å². The molecular formula is C16H25N3. The average Bonchev–Trinajstić information content (AvgIpc) is 2.67. The number of nitrogens with two attached hydrogens (primary N) is 1. The number of hydrogen-bond donors (Lipinski definition) is 1. The largest absolute Gasteiger partial charge is 0.328 e. The quantitative estimate of drug-likeness (QED) is 0.864. The summed E-state index contributed by atoms with van der Waals surface area (Å²) in [5.74, 6) is 1.78. The van der Waals surface area contributed by atoms with Gasteiger partial charge in [-0.25, -0.2) is 4.98 Å². The second-order valence-corrected chi connectivity index (χ2v) is 5.69. The fourth-order valence-electron chi connectivity index (χ4n) is 2.78. The Morgan fingerprint density at radius 1 is 1.26 bits per heavy atom. The van der Waals surface area contributed by atoms with Gasteiger partial charge in [-0.05, 0) is 37.8 Å². The molecule has 0 saturated carbocycles. The molecule has 3 nitrogen and oxygen atoms in total. The topological polar surface area (TPSA) is 43.8 Å². The Morgan fingerprint density at radius 3 is 2.68 bits per heavy atom. The van der Waals surface area contributed by atoms with Gasteiger partial charge in [-0.2, -0.15) is 0 Å². The molecule has 0 aliphatic carbocycles. The maximum atomic E-state index is 5.89. The zero-order valence-electron chi connectivity index (χ0n) is 12.3. The van der Waals surface area contributed by atoms with E-state index in [-0.39, 0.29) is 6.04 Å². The van der Waals surface area contributed by atoms with Crippen LogP contribution in [0.15, 0.2) is 24.3 Å². The molecule has 1 heterocycles. The van der Waals surface area contributed by atoms with E-state index in [1.165, 1.54) is 11.3 Å². The van der Waals surface area contributed by atoms with Crippen LogP contribution in [0.2, 0.25) is 0 Å². The molecule has 2 rings (SSSR count). The van der Waals surface area contributed by atoms with E-state index in [2.05, 4.69) is 49.6 Å². The Bertz CT molecular complexity index is 528. The number of fused-ring (bicyclic) bond motifs is 1. The summed E-state index contributed by atoms with van der Waals surface area (Å²) in [7, 11) is 0. The number of aryl methyl sites for hydroxylation is 1. The SMILES string of the molecule is CCCn1c(CC(C)CC(C)N)nc2ccccc21. The summed E-state index contributed by atoms with van der Waals surface area (Å²) < 4.78 is 2.37. The van der Waals surface area contributed by atoms with Gasteiger partial charge in [-0.15, -0.1) is 0 Å². The van der Waals surface area contributed by atoms with Gasteiger partial charge in [0.05, 0.1) is 11.0 Å². The molecule has 0 spiro atoms. The fourth-order valence-corrected chi connectivity index (χ4v) is 2.78. The number of benzene rings is 1. The van der Waals surface area contributed by atoms with E-state index in [9.17, 15) is 0 Å². The molecule has 1 aromatic carbocycles. The summed E-state index contributed by atoms with van der Waals surface area (Å²) in [4.78, 5) is 4.80. The van der Waals surface area contributed by atoms with Crippen LogP contribution in [-0.4, -0.2) is 15.6 Å². The van der Waals surface area contributed by atoms with Crippen molar-refractivity contribution in [1.29, 1.82) is 0 Å². The second kappa shape index (κ2) is 6.20. The summed E-state index contributed by atoms with van der Waals surface area (Å²) >= 11 is 0. The molecule has 2 atom stereocenters. The van der Waals surface area contributed by atoms with Crippen molar-refractivity contribution >= 4 is 11.0 Å². The zero-order valence-corrected chi connectivity index (χ0v) is 12.3. The molecule has 0 bridgehead atoms. The van der Waals surface area contributed by atoms with E-state index in [1.807, 2.05) is 0 Å². The zero-order chi connectivity index (χ0) is 13.8. The molecule has 0 amide bonds. The first-order chi connectivity index (χ1) is 9.11. The molecule has 2 unspecified atom stereocenters. The normalized spacial score (nSPS) is 14.7. The first kappa shape index (κ1) is 14.1. The van der Waals surface area contributed by atoms with Crippen molar-refractivity contribution in [1.82, 2.24) is 9.55 Å². The fraction of sp³-hybridized carbons (Fsp3) is 0.562. The third kappa shape index (κ3) is 3.35. The van der Waals surface area contributed by atoms with Gasteiger partial charge in [0.15, 0.2) is 0 Å². The molecule has 104 valence electrons. The molecule has 0 radical (unpaired) electrons. The lowest BCUT2D eigenvalue weighted by Gasteiger charge is -2.15. The van der Waals surface area contributed by atoms with Gasteiger partial charge in [0.2, 0.25) is 0 Å². The monoisotopic (exact) mass is 259 g/mol. The predicted molar refractivity (Wildman–Crippen MR) is 81.2 cm³/mol. The van der Waals surface area contributed by atoms with Gasteiger partial charge in [0.25, 0.3) is 0 Å². The van der Waals surface area contributed by atoms with Crippen LogP contribution in [0.25, 0.3) is 11.0 Å². The van der Waals surface area contributed by atoms with Crippen LogP contribution in [-0.2, 0) is 13.0 Å². The minimum atomic E-state index is 0.263. The highest BCUT2D eigenvalue weighted by atomic mass is 15.1. The Labute approximate surface area is 115 Å². The minimum Gasteiger partial charge on any atom is -0.328 e. The predicted octanol–water partition coefficient (Wildman–Crippen LogP) is 3.36. The number of nitrogens with zero attached hydrogens (tertiary/aromatic N) is 2. The van der Waals surface area contributed by atoms with E-state index >= 15 is 0 Å². The van der Waals surface area contributed by atoms with Crippen LogP contribution in [0.3, 0.4) is 0 Å². The van der Waals surface area contributed by atoms with Gasteiger partial charge >= 0.3 is 0 Å². The van der Waals surface area contributed by atoms with Crippen LogP contribution in [0.5, 0.6) is 0 Å². The lowest BCUT2D eigenvalue weighted by atomic mass is 9.99. The smallest absolute Gasteiger partial charge is 0.110 e. The summed E-state index contributed by atoms with van der Waals surface area (Å²) in [6.45, 7) is 7.59. The third-order valence-electron chi connectivity index (χ3n) is 3.49. The van der Waals surface area contributed by atoms with Crippen LogP contribution < -0.4 is 5.73 Å². The molecule has 2 aromatic rings. The van der Waals surface area contributed by atoms with Crippen molar-refractivity contribution in [2.75, 3.05) is 0 Å². The van der Waals surface area contributed by atoms with E-state index in [1.54, 1.807) is 0 Å². The number of para-hydroxylation sites is 2. The molecule has 0 fully saturated rings. The Balaban J connectivity index is 2.28. The van der Waals surface area contributed by atoms with Crippen molar-refractivity contribution in [3.8, 4) is 0 Å². The third-order valence-corrected chi connectivity index (χ3v) is 3.49. The molecule has 19 heavy (non-hydrogen) atoms. The lowest BCUT2D eigenvalue weighted by molar-refractivity contribution is 0.461. The van der Waals surface area contributed by atoms with E-state index < -0.39 is 0 Å². The molecule has 2 N–H and O–H groups in total. The van der Waals surface area contributed by atoms with Crippen molar-refractivity contribution < 1.29 is 0 Å². The van der Waals surface area contributed by atoms with Crippen molar-refractivity contribution in [2.45, 2.75) is 52.6 Å². The van der Waals surface area contributed by atoms with E-state index in [4.69, 9.17) is 10.7 Å². The molecule has 0 saturated heterocycles. The standard InChI is InChI=1S/C16H25N3/c1-4-9-19-15-8-6-5-7-14(15)18-16(19)11-12(2)10-13(3)17/h5-8,12-13H,4,9-11,17H2,1-3H3. The number of imidazole rings is 1. The maximum Gasteiger partial charge on any atom is 0.110 e. The van der Waals surface area contributed by atoms with Crippen LogP contribution >= 0.6 is 0 Å². The van der Waals surface area contributed by atoms with E-state index in [0.29, 0.717) is 5.92 Å². The lowest BCUT2D eigenvalue weighted by Crippen LogP contribution is -2.20. The second-order valence-electron chi connectivity index (χ2n) is 5.69. The Kier molecular flexibility index (Phi) is 4.59. The molecule has 3 heteroatoms. The van der Waals surface area contributed by atoms with Gasteiger partial charge in [0.1, 0.15) is 5.82 Å².